The molecule has 2 aromatic rings. The van der Waals surface area contributed by atoms with Crippen LogP contribution in [0, 0.1) is 30.2 Å². The van der Waals surface area contributed by atoms with E-state index >= 15 is 0 Å². The zero-order chi connectivity index (χ0) is 19.5. The summed E-state index contributed by atoms with van der Waals surface area (Å²) in [6.07, 6.45) is 1.95. The maximum absolute atomic E-state index is 14.3. The van der Waals surface area contributed by atoms with Gasteiger partial charge in [0.25, 0.3) is 10.1 Å². The third-order valence-corrected chi connectivity index (χ3v) is 6.39. The fourth-order valence-corrected chi connectivity index (χ4v) is 4.83. The maximum atomic E-state index is 14.3. The predicted molar refractivity (Wildman–Crippen MR) is 88.8 cm³/mol. The lowest BCUT2D eigenvalue weighted by Gasteiger charge is -2.39. The molecule has 0 spiro atoms. The Balaban J connectivity index is 1.73. The van der Waals surface area contributed by atoms with Gasteiger partial charge in [-0.2, -0.15) is 8.42 Å². The molecule has 0 aliphatic heterocycles. The van der Waals surface area contributed by atoms with Crippen LogP contribution in [0.15, 0.2) is 41.3 Å². The van der Waals surface area contributed by atoms with Crippen LogP contribution in [0.2, 0.25) is 0 Å². The van der Waals surface area contributed by atoms with Gasteiger partial charge in [-0.15, -0.1) is 0 Å². The Bertz CT molecular complexity index is 1060. The van der Waals surface area contributed by atoms with Gasteiger partial charge in [0.15, 0.2) is 23.3 Å². The molecule has 0 N–H and O–H groups in total. The van der Waals surface area contributed by atoms with Crippen molar-refractivity contribution in [3.63, 3.8) is 0 Å². The van der Waals surface area contributed by atoms with E-state index in [0.29, 0.717) is 0 Å². The molecule has 0 amide bonds. The molecule has 0 heterocycles. The van der Waals surface area contributed by atoms with Crippen molar-refractivity contribution in [3.05, 3.63) is 76.4 Å². The van der Waals surface area contributed by atoms with Crippen molar-refractivity contribution in [2.45, 2.75) is 36.2 Å². The molecule has 3 aliphatic carbocycles. The highest BCUT2D eigenvalue weighted by Crippen LogP contribution is 2.49. The summed E-state index contributed by atoms with van der Waals surface area (Å²) in [6, 6.07) is 5.97. The fraction of sp³-hybridized carbons (Fsp3) is 0.263. The van der Waals surface area contributed by atoms with Gasteiger partial charge < -0.3 is 0 Å². The van der Waals surface area contributed by atoms with Crippen molar-refractivity contribution in [2.24, 2.45) is 0 Å². The van der Waals surface area contributed by atoms with E-state index in [9.17, 15) is 26.0 Å². The zero-order valence-corrected chi connectivity index (χ0v) is 14.9. The molecule has 0 saturated heterocycles. The number of aryl methyl sites for hydroxylation is 1. The van der Waals surface area contributed by atoms with Crippen LogP contribution < -0.4 is 0 Å². The number of hydrogen-bond acceptors (Lipinski definition) is 3. The largest absolute Gasteiger partial charge is 0.297 e. The smallest absolute Gasteiger partial charge is 0.262 e. The average molecular weight is 398 g/mol. The van der Waals surface area contributed by atoms with Crippen LogP contribution in [-0.4, -0.2) is 14.5 Å². The van der Waals surface area contributed by atoms with Crippen molar-refractivity contribution in [3.8, 4) is 0 Å². The summed E-state index contributed by atoms with van der Waals surface area (Å²) in [6.45, 7) is 1.80. The molecule has 0 fully saturated rings. The van der Waals surface area contributed by atoms with E-state index in [1.807, 2.05) is 0 Å². The molecule has 0 unspecified atom stereocenters. The van der Waals surface area contributed by atoms with E-state index in [2.05, 4.69) is 0 Å². The highest BCUT2D eigenvalue weighted by Gasteiger charge is 2.45. The van der Waals surface area contributed by atoms with Crippen LogP contribution in [-0.2, 0) is 14.3 Å². The minimum absolute atomic E-state index is 0.0146. The number of hydrogen-bond donors (Lipinski definition) is 0. The SMILES string of the molecule is Cc1ccc(S(=O)(=O)O[C@H]2C[C@H]3C=C[C@H]2c2c(F)c(F)c(F)c(F)c23)cc1. The summed E-state index contributed by atoms with van der Waals surface area (Å²) in [5.74, 6) is -8.56. The highest BCUT2D eigenvalue weighted by atomic mass is 32.2. The molecular formula is C19H14F4O3S. The molecule has 3 atom stereocenters. The van der Waals surface area contributed by atoms with Crippen molar-refractivity contribution in [1.82, 2.24) is 0 Å². The van der Waals surface area contributed by atoms with Gasteiger partial charge >= 0.3 is 0 Å². The van der Waals surface area contributed by atoms with Gasteiger partial charge in [-0.05, 0) is 25.5 Å². The quantitative estimate of drug-likeness (QED) is 0.252. The molecular weight excluding hydrogens is 384 g/mol. The van der Waals surface area contributed by atoms with Gasteiger partial charge in [0, 0.05) is 23.0 Å². The standard InChI is InChI=1S/C19H14F4O3S/c1-9-2-5-11(6-3-9)27(24,25)26-13-8-10-4-7-12(13)15-14(10)16(20)18(22)19(23)17(15)21/h2-7,10,12-13H,8H2,1H3/t10-,12-,13+/m1/s1. The van der Waals surface area contributed by atoms with Crippen LogP contribution in [0.25, 0.3) is 0 Å². The molecule has 0 saturated carbocycles. The fourth-order valence-electron chi connectivity index (χ4n) is 3.73. The molecule has 3 aliphatic rings. The third-order valence-electron chi connectivity index (χ3n) is 5.04. The first-order chi connectivity index (χ1) is 12.7. The summed E-state index contributed by atoms with van der Waals surface area (Å²) in [5.41, 5.74) is 0.207. The average Bonchev–Trinajstić information content (AvgIpc) is 2.64. The Morgan fingerprint density at radius 3 is 2.11 bits per heavy atom. The second-order valence-corrected chi connectivity index (χ2v) is 8.31. The lowest BCUT2D eigenvalue weighted by molar-refractivity contribution is 0.157. The first-order valence-electron chi connectivity index (χ1n) is 8.24. The molecule has 142 valence electrons. The number of halogens is 4. The van der Waals surface area contributed by atoms with Gasteiger partial charge in [-0.25, -0.2) is 17.6 Å². The van der Waals surface area contributed by atoms with Crippen molar-refractivity contribution in [1.29, 1.82) is 0 Å². The van der Waals surface area contributed by atoms with Crippen LogP contribution in [0.3, 0.4) is 0 Å². The normalized spacial score (nSPS) is 23.5. The van der Waals surface area contributed by atoms with Crippen molar-refractivity contribution in [2.75, 3.05) is 0 Å². The Hall–Kier alpha value is -2.19. The Morgan fingerprint density at radius 1 is 0.889 bits per heavy atom. The van der Waals surface area contributed by atoms with E-state index in [1.54, 1.807) is 19.1 Å². The molecule has 0 radical (unpaired) electrons. The number of benzene rings is 2. The number of allylic oxidation sites excluding steroid dienone is 1. The second-order valence-electron chi connectivity index (χ2n) is 6.74. The Morgan fingerprint density at radius 2 is 1.48 bits per heavy atom. The van der Waals surface area contributed by atoms with E-state index in [4.69, 9.17) is 4.18 Å². The minimum atomic E-state index is -4.16. The molecule has 27 heavy (non-hydrogen) atoms. The van der Waals surface area contributed by atoms with Gasteiger partial charge in [-0.3, -0.25) is 4.18 Å². The maximum Gasteiger partial charge on any atom is 0.297 e. The van der Waals surface area contributed by atoms with E-state index in [1.165, 1.54) is 24.3 Å². The zero-order valence-electron chi connectivity index (χ0n) is 14.0. The van der Waals surface area contributed by atoms with Crippen LogP contribution >= 0.6 is 0 Å². The summed E-state index contributed by atoms with van der Waals surface area (Å²) >= 11 is 0. The summed E-state index contributed by atoms with van der Waals surface area (Å²) in [4.78, 5) is -0.0734. The molecule has 3 nitrogen and oxygen atoms in total. The van der Waals surface area contributed by atoms with Crippen LogP contribution in [0.4, 0.5) is 17.6 Å². The Labute approximate surface area is 153 Å². The lowest BCUT2D eigenvalue weighted by atomic mass is 9.69. The molecule has 8 heteroatoms. The number of fused-ring (bicyclic) bond motifs is 1. The lowest BCUT2D eigenvalue weighted by Crippen LogP contribution is -2.36. The second kappa shape index (κ2) is 6.17. The topological polar surface area (TPSA) is 43.4 Å². The van der Waals surface area contributed by atoms with Gasteiger partial charge in [0.1, 0.15) is 0 Å². The van der Waals surface area contributed by atoms with E-state index < -0.39 is 51.3 Å². The van der Waals surface area contributed by atoms with E-state index in [0.717, 1.165) is 5.56 Å². The molecule has 2 aromatic carbocycles. The third kappa shape index (κ3) is 2.78. The summed E-state index contributed by atoms with van der Waals surface area (Å²) < 4.78 is 86.1. The first-order valence-corrected chi connectivity index (χ1v) is 9.65. The summed E-state index contributed by atoms with van der Waals surface area (Å²) in [5, 5.41) is 0. The Kier molecular flexibility index (Phi) is 4.16. The predicted octanol–water partition coefficient (Wildman–Crippen LogP) is 4.47. The van der Waals surface area contributed by atoms with Crippen molar-refractivity contribution >= 4 is 10.1 Å². The van der Waals surface area contributed by atoms with Crippen molar-refractivity contribution < 1.29 is 30.2 Å². The first kappa shape index (κ1) is 18.2. The van der Waals surface area contributed by atoms with Gasteiger partial charge in [-0.1, -0.05) is 29.8 Å². The van der Waals surface area contributed by atoms with Crippen LogP contribution in [0.5, 0.6) is 0 Å². The van der Waals surface area contributed by atoms with Gasteiger partial charge in [0.05, 0.1) is 11.0 Å². The molecule has 5 rings (SSSR count). The highest BCUT2D eigenvalue weighted by molar-refractivity contribution is 7.86. The van der Waals surface area contributed by atoms with E-state index in [-0.39, 0.29) is 22.4 Å². The monoisotopic (exact) mass is 398 g/mol. The summed E-state index contributed by atoms with van der Waals surface area (Å²) in [7, 11) is -4.16. The van der Waals surface area contributed by atoms with Gasteiger partial charge in [0.2, 0.25) is 0 Å². The number of rotatable bonds is 3. The molecule has 2 bridgehead atoms. The minimum Gasteiger partial charge on any atom is -0.262 e. The molecule has 0 aromatic heterocycles. The van der Waals surface area contributed by atoms with Crippen LogP contribution in [0.1, 0.15) is 34.9 Å².